The number of rotatable bonds is 4. The van der Waals surface area contributed by atoms with Gasteiger partial charge in [0.15, 0.2) is 15.3 Å². The van der Waals surface area contributed by atoms with Gasteiger partial charge in [0.2, 0.25) is 0 Å². The van der Waals surface area contributed by atoms with E-state index in [-0.39, 0.29) is 12.0 Å². The molecule has 1 unspecified atom stereocenters. The first-order valence-corrected chi connectivity index (χ1v) is 8.49. The van der Waals surface area contributed by atoms with Gasteiger partial charge in [-0.1, -0.05) is 5.11 Å². The van der Waals surface area contributed by atoms with E-state index in [9.17, 15) is 23.1 Å². The van der Waals surface area contributed by atoms with Crippen LogP contribution in [0.5, 0.6) is 0 Å². The van der Waals surface area contributed by atoms with Gasteiger partial charge >= 0.3 is 5.69 Å². The minimum absolute atomic E-state index is 0.0211. The summed E-state index contributed by atoms with van der Waals surface area (Å²) in [5.74, 6) is 0. The zero-order chi connectivity index (χ0) is 17.4. The first kappa shape index (κ1) is 17.2. The molecule has 0 amide bonds. The number of nitrogens with zero attached hydrogens (tertiary/aromatic N) is 4. The molecular formula is C11H15N5O6S. The summed E-state index contributed by atoms with van der Waals surface area (Å²) in [6, 6.07) is -0.978. The Morgan fingerprint density at radius 3 is 2.78 bits per heavy atom. The predicted octanol–water partition coefficient (Wildman–Crippen LogP) is -0.826. The van der Waals surface area contributed by atoms with Gasteiger partial charge in [0.1, 0.15) is 12.3 Å². The standard InChI is InChI=1S/C11H15N5O6S/c1-5-4-16(11(19)13-9(5)17)7-3-6(14-15-12)8(22-7)10(18)23(2,20)21/h4,6-8,10,18H,3H2,1-2H3,(H,13,17,19)/t6-,7+,8-,10?/m0/s1. The third-order valence-electron chi connectivity index (χ3n) is 3.51. The molecule has 1 aliphatic rings. The fraction of sp³-hybridized carbons (Fsp3) is 0.636. The van der Waals surface area contributed by atoms with Gasteiger partial charge in [-0.2, -0.15) is 0 Å². The fourth-order valence-electron chi connectivity index (χ4n) is 2.33. The maximum Gasteiger partial charge on any atom is 0.330 e. The van der Waals surface area contributed by atoms with E-state index >= 15 is 0 Å². The zero-order valence-electron chi connectivity index (χ0n) is 12.3. The Morgan fingerprint density at radius 1 is 1.57 bits per heavy atom. The molecule has 0 radical (unpaired) electrons. The molecule has 23 heavy (non-hydrogen) atoms. The molecule has 11 nitrogen and oxygen atoms in total. The molecule has 1 aliphatic heterocycles. The minimum Gasteiger partial charge on any atom is -0.375 e. The predicted molar refractivity (Wildman–Crippen MR) is 78.4 cm³/mol. The molecule has 2 rings (SSSR count). The van der Waals surface area contributed by atoms with Crippen LogP contribution in [0.25, 0.3) is 10.4 Å². The number of aromatic nitrogens is 2. The van der Waals surface area contributed by atoms with Crippen LogP contribution in [0.2, 0.25) is 0 Å². The number of nitrogens with one attached hydrogen (secondary N) is 1. The number of hydrogen-bond donors (Lipinski definition) is 2. The van der Waals surface area contributed by atoms with E-state index in [1.807, 2.05) is 0 Å². The quantitative estimate of drug-likeness (QED) is 0.410. The van der Waals surface area contributed by atoms with Gasteiger partial charge < -0.3 is 9.84 Å². The summed E-state index contributed by atoms with van der Waals surface area (Å²) in [6.07, 6.45) is -0.237. The van der Waals surface area contributed by atoms with Crippen molar-refractivity contribution >= 4 is 9.84 Å². The molecule has 1 aromatic heterocycles. The van der Waals surface area contributed by atoms with Crippen LogP contribution in [0.1, 0.15) is 18.2 Å². The van der Waals surface area contributed by atoms with E-state index in [4.69, 9.17) is 10.3 Å². The lowest BCUT2D eigenvalue weighted by Gasteiger charge is -2.20. The Balaban J connectivity index is 2.41. The highest BCUT2D eigenvalue weighted by Crippen LogP contribution is 2.33. The third kappa shape index (κ3) is 3.45. The molecular weight excluding hydrogens is 330 g/mol. The first-order chi connectivity index (χ1) is 10.6. The van der Waals surface area contributed by atoms with Gasteiger partial charge in [0.05, 0.1) is 6.04 Å². The van der Waals surface area contributed by atoms with E-state index in [1.54, 1.807) is 0 Å². The van der Waals surface area contributed by atoms with Crippen LogP contribution in [0.3, 0.4) is 0 Å². The Bertz CT molecular complexity index is 868. The van der Waals surface area contributed by atoms with Gasteiger partial charge in [-0.15, -0.1) is 0 Å². The van der Waals surface area contributed by atoms with Gasteiger partial charge in [-0.3, -0.25) is 14.3 Å². The van der Waals surface area contributed by atoms with E-state index in [0.717, 1.165) is 10.8 Å². The summed E-state index contributed by atoms with van der Waals surface area (Å²) in [4.78, 5) is 27.9. The van der Waals surface area contributed by atoms with Crippen LogP contribution >= 0.6 is 0 Å². The summed E-state index contributed by atoms with van der Waals surface area (Å²) in [5.41, 5.74) is 5.62. The maximum absolute atomic E-state index is 11.9. The lowest BCUT2D eigenvalue weighted by atomic mass is 10.1. The van der Waals surface area contributed by atoms with Crippen molar-refractivity contribution in [2.45, 2.75) is 37.2 Å². The van der Waals surface area contributed by atoms with Crippen molar-refractivity contribution in [1.29, 1.82) is 0 Å². The van der Waals surface area contributed by atoms with Crippen LogP contribution in [-0.2, 0) is 14.6 Å². The highest BCUT2D eigenvalue weighted by molar-refractivity contribution is 7.91. The van der Waals surface area contributed by atoms with Crippen molar-refractivity contribution in [3.05, 3.63) is 43.0 Å². The molecule has 1 saturated heterocycles. The third-order valence-corrected chi connectivity index (χ3v) is 4.66. The number of aromatic amines is 1. The summed E-state index contributed by atoms with van der Waals surface area (Å²) in [6.45, 7) is 1.48. The van der Waals surface area contributed by atoms with E-state index in [2.05, 4.69) is 15.0 Å². The first-order valence-electron chi connectivity index (χ1n) is 6.54. The molecule has 0 bridgehead atoms. The number of aliphatic hydroxyl groups is 1. The van der Waals surface area contributed by atoms with E-state index < -0.39 is 44.9 Å². The summed E-state index contributed by atoms with van der Waals surface area (Å²) in [7, 11) is -3.87. The largest absolute Gasteiger partial charge is 0.375 e. The highest BCUT2D eigenvalue weighted by atomic mass is 32.2. The zero-order valence-corrected chi connectivity index (χ0v) is 13.1. The lowest BCUT2D eigenvalue weighted by Crippen LogP contribution is -2.39. The molecule has 0 spiro atoms. The van der Waals surface area contributed by atoms with Gasteiger partial charge in [-0.05, 0) is 12.5 Å². The number of hydrogen-bond acceptors (Lipinski definition) is 7. The normalized spacial score (nSPS) is 25.8. The van der Waals surface area contributed by atoms with E-state index in [0.29, 0.717) is 0 Å². The number of azide groups is 1. The average Bonchev–Trinajstić information content (AvgIpc) is 2.85. The monoisotopic (exact) mass is 345 g/mol. The van der Waals surface area contributed by atoms with Crippen LogP contribution in [0, 0.1) is 6.92 Å². The Labute approximate surface area is 130 Å². The lowest BCUT2D eigenvalue weighted by molar-refractivity contribution is -0.0393. The molecule has 2 heterocycles. The SMILES string of the molecule is Cc1cn([C@H]2C[C@H](N=[N+]=[N-])[C@@H](C(O)S(C)(=O)=O)O2)c(=O)[nH]c1=O. The maximum atomic E-state index is 11.9. The molecule has 1 aromatic rings. The highest BCUT2D eigenvalue weighted by Gasteiger charge is 2.44. The number of aliphatic hydroxyl groups excluding tert-OH is 1. The second kappa shape index (κ2) is 6.16. The molecule has 0 saturated carbocycles. The molecule has 126 valence electrons. The topological polar surface area (TPSA) is 167 Å². The van der Waals surface area contributed by atoms with Crippen molar-refractivity contribution < 1.29 is 18.3 Å². The molecule has 1 fully saturated rings. The molecule has 0 aliphatic carbocycles. The van der Waals surface area contributed by atoms with Crippen LogP contribution in [-0.4, -0.2) is 46.9 Å². The Hall–Kier alpha value is -2.14. The summed E-state index contributed by atoms with van der Waals surface area (Å²) < 4.78 is 29.5. The number of ether oxygens (including phenoxy) is 1. The molecule has 0 aromatic carbocycles. The van der Waals surface area contributed by atoms with Crippen LogP contribution < -0.4 is 11.2 Å². The van der Waals surface area contributed by atoms with Crippen LogP contribution in [0.4, 0.5) is 0 Å². The molecule has 2 N–H and O–H groups in total. The smallest absolute Gasteiger partial charge is 0.330 e. The average molecular weight is 345 g/mol. The number of H-pyrrole nitrogens is 1. The van der Waals surface area contributed by atoms with Gasteiger partial charge in [0.25, 0.3) is 5.56 Å². The molecule has 4 atom stereocenters. The van der Waals surface area contributed by atoms with Crippen molar-refractivity contribution in [1.82, 2.24) is 9.55 Å². The van der Waals surface area contributed by atoms with Crippen LogP contribution in [0.15, 0.2) is 20.9 Å². The number of sulfone groups is 1. The summed E-state index contributed by atoms with van der Waals surface area (Å²) in [5, 5.41) is 13.3. The second-order valence-corrected chi connectivity index (χ2v) is 7.40. The van der Waals surface area contributed by atoms with Crippen molar-refractivity contribution in [2.75, 3.05) is 6.26 Å². The van der Waals surface area contributed by atoms with Gasteiger partial charge in [0, 0.05) is 29.3 Å². The summed E-state index contributed by atoms with van der Waals surface area (Å²) >= 11 is 0. The van der Waals surface area contributed by atoms with Crippen molar-refractivity contribution in [2.24, 2.45) is 5.11 Å². The van der Waals surface area contributed by atoms with E-state index in [1.165, 1.54) is 13.1 Å². The number of aryl methyl sites for hydroxylation is 1. The molecule has 12 heteroatoms. The van der Waals surface area contributed by atoms with Crippen molar-refractivity contribution in [3.63, 3.8) is 0 Å². The van der Waals surface area contributed by atoms with Crippen molar-refractivity contribution in [3.8, 4) is 0 Å². The fourth-order valence-corrected chi connectivity index (χ4v) is 3.06. The second-order valence-electron chi connectivity index (χ2n) is 5.26. The minimum atomic E-state index is -3.87. The van der Waals surface area contributed by atoms with Gasteiger partial charge in [-0.25, -0.2) is 13.2 Å². The Kier molecular flexibility index (Phi) is 4.61. The Morgan fingerprint density at radius 2 is 2.22 bits per heavy atom.